The standard InChI is InChI=1S/C19H31N3O2S/c1-12(2)13(3)21-16(23)14-7-9-22(10-8-14)17(24)15-11-20-18(25-15)19(4,5)6/h11-14H,7-10H2,1-6H3,(H,21,23). The van der Waals surface area contributed by atoms with E-state index < -0.39 is 0 Å². The second-order valence-corrected chi connectivity index (χ2v) is 9.42. The summed E-state index contributed by atoms with van der Waals surface area (Å²) in [5.74, 6) is 0.606. The number of thiazole rings is 1. The Balaban J connectivity index is 1.90. The van der Waals surface area contributed by atoms with E-state index in [1.165, 1.54) is 11.3 Å². The van der Waals surface area contributed by atoms with Gasteiger partial charge in [-0.25, -0.2) is 4.98 Å². The van der Waals surface area contributed by atoms with Crippen molar-refractivity contribution in [3.63, 3.8) is 0 Å². The van der Waals surface area contributed by atoms with E-state index >= 15 is 0 Å². The van der Waals surface area contributed by atoms with Crippen LogP contribution in [0.15, 0.2) is 6.20 Å². The second kappa shape index (κ2) is 7.85. The fourth-order valence-corrected chi connectivity index (χ4v) is 3.67. The van der Waals surface area contributed by atoms with E-state index in [2.05, 4.69) is 44.9 Å². The zero-order chi connectivity index (χ0) is 18.8. The third-order valence-electron chi connectivity index (χ3n) is 4.88. The number of hydrogen-bond donors (Lipinski definition) is 1. The van der Waals surface area contributed by atoms with Gasteiger partial charge in [0.1, 0.15) is 4.88 Å². The van der Waals surface area contributed by atoms with Crippen LogP contribution in [0.25, 0.3) is 0 Å². The van der Waals surface area contributed by atoms with Crippen molar-refractivity contribution in [3.05, 3.63) is 16.1 Å². The topological polar surface area (TPSA) is 62.3 Å². The molecule has 6 heteroatoms. The van der Waals surface area contributed by atoms with Crippen LogP contribution in [0.1, 0.15) is 69.1 Å². The van der Waals surface area contributed by atoms with Gasteiger partial charge in [0.05, 0.1) is 11.2 Å². The molecule has 2 heterocycles. The molecule has 25 heavy (non-hydrogen) atoms. The van der Waals surface area contributed by atoms with Crippen LogP contribution in [0, 0.1) is 11.8 Å². The Hall–Kier alpha value is -1.43. The van der Waals surface area contributed by atoms with Gasteiger partial charge in [-0.15, -0.1) is 11.3 Å². The Morgan fingerprint density at radius 3 is 2.32 bits per heavy atom. The van der Waals surface area contributed by atoms with Crippen molar-refractivity contribution in [2.45, 2.75) is 65.8 Å². The molecule has 1 N–H and O–H groups in total. The lowest BCUT2D eigenvalue weighted by Gasteiger charge is -2.32. The molecule has 0 saturated carbocycles. The number of nitrogens with one attached hydrogen (secondary N) is 1. The summed E-state index contributed by atoms with van der Waals surface area (Å²) in [6, 6.07) is 0.181. The second-order valence-electron chi connectivity index (χ2n) is 8.39. The molecule has 5 nitrogen and oxygen atoms in total. The molecule has 2 amide bonds. The zero-order valence-electron chi connectivity index (χ0n) is 16.3. The fraction of sp³-hybridized carbons (Fsp3) is 0.737. The van der Waals surface area contributed by atoms with E-state index in [1.54, 1.807) is 6.20 Å². The predicted octanol–water partition coefficient (Wildman–Crippen LogP) is 3.45. The van der Waals surface area contributed by atoms with Gasteiger partial charge in [0, 0.05) is 30.5 Å². The SMILES string of the molecule is CC(C)C(C)NC(=O)C1CCN(C(=O)c2cnc(C(C)(C)C)s2)CC1. The lowest BCUT2D eigenvalue weighted by atomic mass is 9.94. The van der Waals surface area contributed by atoms with Gasteiger partial charge in [-0.1, -0.05) is 34.6 Å². The fourth-order valence-electron chi connectivity index (χ4n) is 2.73. The molecule has 1 fully saturated rings. The molecule has 1 aromatic heterocycles. The van der Waals surface area contributed by atoms with E-state index in [-0.39, 0.29) is 29.2 Å². The van der Waals surface area contributed by atoms with Crippen LogP contribution in [0.2, 0.25) is 0 Å². The van der Waals surface area contributed by atoms with Gasteiger partial charge in [-0.3, -0.25) is 9.59 Å². The van der Waals surface area contributed by atoms with Crippen LogP contribution in [0.3, 0.4) is 0 Å². The maximum atomic E-state index is 12.7. The van der Waals surface area contributed by atoms with E-state index in [1.807, 2.05) is 11.8 Å². The summed E-state index contributed by atoms with van der Waals surface area (Å²) < 4.78 is 0. The third-order valence-corrected chi connectivity index (χ3v) is 6.29. The molecular formula is C19H31N3O2S. The summed E-state index contributed by atoms with van der Waals surface area (Å²) in [4.78, 5) is 32.0. The van der Waals surface area contributed by atoms with Crippen LogP contribution >= 0.6 is 11.3 Å². The highest BCUT2D eigenvalue weighted by atomic mass is 32.1. The number of nitrogens with zero attached hydrogens (tertiary/aromatic N) is 2. The van der Waals surface area contributed by atoms with Gasteiger partial charge in [-0.05, 0) is 25.7 Å². The molecule has 0 radical (unpaired) electrons. The maximum absolute atomic E-state index is 12.7. The first-order valence-electron chi connectivity index (χ1n) is 9.15. The number of hydrogen-bond acceptors (Lipinski definition) is 4. The number of carbonyl (C=O) groups excluding carboxylic acids is 2. The molecule has 1 atom stereocenters. The van der Waals surface area contributed by atoms with Crippen molar-refractivity contribution in [1.29, 1.82) is 0 Å². The molecule has 1 aliphatic rings. The van der Waals surface area contributed by atoms with E-state index in [0.717, 1.165) is 17.8 Å². The number of piperidine rings is 1. The highest BCUT2D eigenvalue weighted by molar-refractivity contribution is 7.13. The van der Waals surface area contributed by atoms with Gasteiger partial charge < -0.3 is 10.2 Å². The van der Waals surface area contributed by atoms with Crippen molar-refractivity contribution in [2.24, 2.45) is 11.8 Å². The van der Waals surface area contributed by atoms with Gasteiger partial charge in [-0.2, -0.15) is 0 Å². The summed E-state index contributed by atoms with van der Waals surface area (Å²) in [6.45, 7) is 13.8. The minimum absolute atomic E-state index is 0.0110. The predicted molar refractivity (Wildman–Crippen MR) is 102 cm³/mol. The van der Waals surface area contributed by atoms with Gasteiger partial charge in [0.25, 0.3) is 5.91 Å². The number of carbonyl (C=O) groups is 2. The molecule has 1 unspecified atom stereocenters. The number of amides is 2. The summed E-state index contributed by atoms with van der Waals surface area (Å²) >= 11 is 1.48. The maximum Gasteiger partial charge on any atom is 0.265 e. The Labute approximate surface area is 155 Å². The number of aromatic nitrogens is 1. The first-order chi connectivity index (χ1) is 11.6. The smallest absolute Gasteiger partial charge is 0.265 e. The molecule has 2 rings (SSSR count). The minimum atomic E-state index is -0.0403. The molecule has 0 aromatic carbocycles. The zero-order valence-corrected chi connectivity index (χ0v) is 17.1. The van der Waals surface area contributed by atoms with Crippen molar-refractivity contribution in [1.82, 2.24) is 15.2 Å². The van der Waals surface area contributed by atoms with E-state index in [9.17, 15) is 9.59 Å². The summed E-state index contributed by atoms with van der Waals surface area (Å²) in [7, 11) is 0. The number of rotatable bonds is 4. The molecule has 1 saturated heterocycles. The van der Waals surface area contributed by atoms with Crippen LogP contribution in [-0.4, -0.2) is 40.8 Å². The molecule has 140 valence electrons. The molecule has 0 spiro atoms. The first-order valence-corrected chi connectivity index (χ1v) is 9.97. The van der Waals surface area contributed by atoms with Crippen LogP contribution in [-0.2, 0) is 10.2 Å². The van der Waals surface area contributed by atoms with Crippen molar-refractivity contribution in [2.75, 3.05) is 13.1 Å². The van der Waals surface area contributed by atoms with Gasteiger partial charge >= 0.3 is 0 Å². The van der Waals surface area contributed by atoms with Crippen molar-refractivity contribution < 1.29 is 9.59 Å². The lowest BCUT2D eigenvalue weighted by molar-refractivity contribution is -0.127. The Kier molecular flexibility index (Phi) is 6.25. The van der Waals surface area contributed by atoms with E-state index in [4.69, 9.17) is 0 Å². The highest BCUT2D eigenvalue weighted by Gasteiger charge is 2.30. The van der Waals surface area contributed by atoms with Crippen LogP contribution < -0.4 is 5.32 Å². The largest absolute Gasteiger partial charge is 0.353 e. The van der Waals surface area contributed by atoms with Crippen LogP contribution in [0.4, 0.5) is 0 Å². The molecule has 1 aromatic rings. The summed E-state index contributed by atoms with van der Waals surface area (Å²) in [5.41, 5.74) is -0.0403. The third kappa shape index (κ3) is 5.03. The lowest BCUT2D eigenvalue weighted by Crippen LogP contribution is -2.45. The molecule has 0 aliphatic carbocycles. The Morgan fingerprint density at radius 2 is 1.84 bits per heavy atom. The molecule has 1 aliphatic heterocycles. The summed E-state index contributed by atoms with van der Waals surface area (Å²) in [6.07, 6.45) is 3.15. The highest BCUT2D eigenvalue weighted by Crippen LogP contribution is 2.28. The quantitative estimate of drug-likeness (QED) is 0.889. The monoisotopic (exact) mass is 365 g/mol. The van der Waals surface area contributed by atoms with E-state index in [0.29, 0.717) is 23.9 Å². The van der Waals surface area contributed by atoms with Crippen molar-refractivity contribution in [3.8, 4) is 0 Å². The Bertz CT molecular complexity index is 610. The normalized spacial score (nSPS) is 17.6. The average molecular weight is 366 g/mol. The first kappa shape index (κ1) is 19.9. The summed E-state index contributed by atoms with van der Waals surface area (Å²) in [5, 5.41) is 4.07. The van der Waals surface area contributed by atoms with Gasteiger partial charge in [0.15, 0.2) is 0 Å². The van der Waals surface area contributed by atoms with Crippen LogP contribution in [0.5, 0.6) is 0 Å². The van der Waals surface area contributed by atoms with Gasteiger partial charge in [0.2, 0.25) is 5.91 Å². The molecular weight excluding hydrogens is 334 g/mol. The Morgan fingerprint density at radius 1 is 1.24 bits per heavy atom. The minimum Gasteiger partial charge on any atom is -0.353 e. The molecule has 0 bridgehead atoms. The number of likely N-dealkylation sites (tertiary alicyclic amines) is 1. The average Bonchev–Trinajstić information content (AvgIpc) is 3.04. The van der Waals surface area contributed by atoms with Crippen molar-refractivity contribution >= 4 is 23.2 Å².